The molecule has 14 heavy (non-hydrogen) atoms. The molecule has 0 bridgehead atoms. The third-order valence-corrected chi connectivity index (χ3v) is 3.27. The van der Waals surface area contributed by atoms with Gasteiger partial charge in [-0.2, -0.15) is 0 Å². The van der Waals surface area contributed by atoms with Crippen LogP contribution in [-0.2, 0) is 0 Å². The first kappa shape index (κ1) is 8.24. The molecule has 0 spiro atoms. The Morgan fingerprint density at radius 3 is 3.43 bits per heavy atom. The zero-order chi connectivity index (χ0) is 9.38. The van der Waals surface area contributed by atoms with Crippen molar-refractivity contribution in [2.45, 2.75) is 12.3 Å². The molecule has 3 heteroatoms. The first-order valence-corrected chi connectivity index (χ1v) is 5.23. The summed E-state index contributed by atoms with van der Waals surface area (Å²) in [6.45, 7) is 3.02. The summed E-state index contributed by atoms with van der Waals surface area (Å²) in [6, 6.07) is 4.15. The Bertz CT molecular complexity index is 340. The van der Waals surface area contributed by atoms with E-state index in [-0.39, 0.29) is 0 Å². The molecular formula is C11H14N2O. The van der Waals surface area contributed by atoms with Gasteiger partial charge in [0.05, 0.1) is 6.61 Å². The molecule has 0 saturated carbocycles. The number of nitrogens with one attached hydrogen (secondary N) is 1. The SMILES string of the molecule is c1cnc2c(c1)C1CNCC1CCO2. The molecule has 1 saturated heterocycles. The van der Waals surface area contributed by atoms with Crippen LogP contribution in [0.1, 0.15) is 17.9 Å². The van der Waals surface area contributed by atoms with Crippen LogP contribution in [0.3, 0.4) is 0 Å². The van der Waals surface area contributed by atoms with Crippen LogP contribution < -0.4 is 10.1 Å². The smallest absolute Gasteiger partial charge is 0.216 e. The Kier molecular flexibility index (Phi) is 1.91. The molecule has 2 atom stereocenters. The van der Waals surface area contributed by atoms with Crippen molar-refractivity contribution in [1.29, 1.82) is 0 Å². The van der Waals surface area contributed by atoms with Crippen LogP contribution in [0.5, 0.6) is 5.88 Å². The van der Waals surface area contributed by atoms with E-state index in [2.05, 4.69) is 16.4 Å². The molecule has 2 aliphatic rings. The van der Waals surface area contributed by atoms with Crippen molar-refractivity contribution in [2.75, 3.05) is 19.7 Å². The Morgan fingerprint density at radius 2 is 2.43 bits per heavy atom. The number of hydrogen-bond acceptors (Lipinski definition) is 3. The van der Waals surface area contributed by atoms with Crippen molar-refractivity contribution >= 4 is 0 Å². The molecule has 1 aromatic heterocycles. The van der Waals surface area contributed by atoms with Crippen LogP contribution in [0.4, 0.5) is 0 Å². The van der Waals surface area contributed by atoms with Crippen molar-refractivity contribution in [3.8, 4) is 5.88 Å². The fraction of sp³-hybridized carbons (Fsp3) is 0.545. The molecule has 2 unspecified atom stereocenters. The standard InChI is InChI=1S/C11H14N2O/c1-2-9-10-7-12-6-8(10)3-5-14-11(9)13-4-1/h1-2,4,8,10,12H,3,5-7H2. The highest BCUT2D eigenvalue weighted by Gasteiger charge is 2.32. The zero-order valence-corrected chi connectivity index (χ0v) is 8.07. The highest BCUT2D eigenvalue weighted by atomic mass is 16.5. The van der Waals surface area contributed by atoms with Crippen LogP contribution in [-0.4, -0.2) is 24.7 Å². The van der Waals surface area contributed by atoms with Gasteiger partial charge < -0.3 is 10.1 Å². The van der Waals surface area contributed by atoms with E-state index in [4.69, 9.17) is 4.74 Å². The average molecular weight is 190 g/mol. The number of hydrogen-bond donors (Lipinski definition) is 1. The highest BCUT2D eigenvalue weighted by molar-refractivity contribution is 5.32. The van der Waals surface area contributed by atoms with Gasteiger partial charge in [-0.1, -0.05) is 6.07 Å². The van der Waals surface area contributed by atoms with Crippen molar-refractivity contribution in [3.63, 3.8) is 0 Å². The summed E-state index contributed by atoms with van der Waals surface area (Å²) in [4.78, 5) is 4.29. The number of ether oxygens (including phenoxy) is 1. The molecule has 3 nitrogen and oxygen atoms in total. The quantitative estimate of drug-likeness (QED) is 0.666. The summed E-state index contributed by atoms with van der Waals surface area (Å²) in [6.07, 6.45) is 2.95. The normalized spacial score (nSPS) is 30.0. The molecule has 0 aliphatic carbocycles. The van der Waals surface area contributed by atoms with Gasteiger partial charge in [-0.3, -0.25) is 0 Å². The molecule has 0 aromatic carbocycles. The lowest BCUT2D eigenvalue weighted by Crippen LogP contribution is -2.11. The number of pyridine rings is 1. The van der Waals surface area contributed by atoms with E-state index < -0.39 is 0 Å². The minimum absolute atomic E-state index is 0.612. The predicted molar refractivity (Wildman–Crippen MR) is 53.4 cm³/mol. The zero-order valence-electron chi connectivity index (χ0n) is 8.07. The molecule has 0 radical (unpaired) electrons. The number of rotatable bonds is 0. The second kappa shape index (κ2) is 3.24. The van der Waals surface area contributed by atoms with Gasteiger partial charge in [0.2, 0.25) is 5.88 Å². The summed E-state index contributed by atoms with van der Waals surface area (Å²) >= 11 is 0. The first-order chi connectivity index (χ1) is 6.95. The monoisotopic (exact) mass is 190 g/mol. The molecule has 2 aliphatic heterocycles. The van der Waals surface area contributed by atoms with Gasteiger partial charge in [0, 0.05) is 24.2 Å². The minimum Gasteiger partial charge on any atom is -0.477 e. The fourth-order valence-electron chi connectivity index (χ4n) is 2.51. The lowest BCUT2D eigenvalue weighted by atomic mass is 9.88. The Labute approximate surface area is 83.5 Å². The van der Waals surface area contributed by atoms with Crippen LogP contribution in [0.15, 0.2) is 18.3 Å². The van der Waals surface area contributed by atoms with Crippen molar-refractivity contribution < 1.29 is 4.74 Å². The van der Waals surface area contributed by atoms with Gasteiger partial charge in [0.15, 0.2) is 0 Å². The van der Waals surface area contributed by atoms with Gasteiger partial charge in [-0.15, -0.1) is 0 Å². The van der Waals surface area contributed by atoms with Crippen LogP contribution in [0.2, 0.25) is 0 Å². The third kappa shape index (κ3) is 1.20. The summed E-state index contributed by atoms with van der Waals surface area (Å²) < 4.78 is 5.65. The predicted octanol–water partition coefficient (Wildman–Crippen LogP) is 1.17. The molecule has 3 rings (SSSR count). The van der Waals surface area contributed by atoms with Crippen LogP contribution in [0, 0.1) is 5.92 Å². The second-order valence-electron chi connectivity index (χ2n) is 4.06. The number of aromatic nitrogens is 1. The van der Waals surface area contributed by atoms with E-state index in [9.17, 15) is 0 Å². The van der Waals surface area contributed by atoms with Crippen molar-refractivity contribution in [3.05, 3.63) is 23.9 Å². The van der Waals surface area contributed by atoms with Crippen LogP contribution >= 0.6 is 0 Å². The Morgan fingerprint density at radius 1 is 1.43 bits per heavy atom. The van der Waals surface area contributed by atoms with E-state index >= 15 is 0 Å². The second-order valence-corrected chi connectivity index (χ2v) is 4.06. The van der Waals surface area contributed by atoms with Crippen molar-refractivity contribution in [1.82, 2.24) is 10.3 Å². The van der Waals surface area contributed by atoms with Gasteiger partial charge in [-0.05, 0) is 24.9 Å². The van der Waals surface area contributed by atoms with Gasteiger partial charge in [0.25, 0.3) is 0 Å². The molecule has 74 valence electrons. The number of fused-ring (bicyclic) bond motifs is 3. The third-order valence-electron chi connectivity index (χ3n) is 3.27. The summed E-state index contributed by atoms with van der Waals surface area (Å²) in [5.74, 6) is 2.20. The minimum atomic E-state index is 0.612. The van der Waals surface area contributed by atoms with E-state index in [0.717, 1.165) is 37.9 Å². The largest absolute Gasteiger partial charge is 0.477 e. The van der Waals surface area contributed by atoms with Crippen molar-refractivity contribution in [2.24, 2.45) is 5.92 Å². The molecule has 3 heterocycles. The maximum absolute atomic E-state index is 5.65. The maximum atomic E-state index is 5.65. The summed E-state index contributed by atoms with van der Waals surface area (Å²) in [7, 11) is 0. The van der Waals surface area contributed by atoms with Gasteiger partial charge in [0.1, 0.15) is 0 Å². The lowest BCUT2D eigenvalue weighted by molar-refractivity contribution is 0.287. The Hall–Kier alpha value is -1.09. The van der Waals surface area contributed by atoms with E-state index in [0.29, 0.717) is 5.92 Å². The molecular weight excluding hydrogens is 176 g/mol. The Balaban J connectivity index is 2.04. The van der Waals surface area contributed by atoms with E-state index in [1.54, 1.807) is 0 Å². The maximum Gasteiger partial charge on any atom is 0.216 e. The molecule has 1 aromatic rings. The van der Waals surface area contributed by atoms with E-state index in [1.165, 1.54) is 5.56 Å². The molecule has 1 N–H and O–H groups in total. The lowest BCUT2D eigenvalue weighted by Gasteiger charge is -2.14. The first-order valence-electron chi connectivity index (χ1n) is 5.23. The average Bonchev–Trinajstić information content (AvgIpc) is 2.61. The van der Waals surface area contributed by atoms with Gasteiger partial charge in [-0.25, -0.2) is 4.98 Å². The topological polar surface area (TPSA) is 34.2 Å². The van der Waals surface area contributed by atoms with E-state index in [1.807, 2.05) is 12.3 Å². The number of nitrogens with zero attached hydrogens (tertiary/aromatic N) is 1. The highest BCUT2D eigenvalue weighted by Crippen LogP contribution is 2.37. The molecule has 0 amide bonds. The summed E-state index contributed by atoms with van der Waals surface area (Å²) in [5.41, 5.74) is 1.29. The van der Waals surface area contributed by atoms with Gasteiger partial charge >= 0.3 is 0 Å². The molecule has 1 fully saturated rings. The van der Waals surface area contributed by atoms with Crippen LogP contribution in [0.25, 0.3) is 0 Å². The summed E-state index contributed by atoms with van der Waals surface area (Å²) in [5, 5.41) is 3.45. The fourth-order valence-corrected chi connectivity index (χ4v) is 2.51.